The summed E-state index contributed by atoms with van der Waals surface area (Å²) in [6.45, 7) is 8.92. The monoisotopic (exact) mass is 351 g/mol. The number of rotatable bonds is 2. The van der Waals surface area contributed by atoms with E-state index in [1.807, 2.05) is 38.7 Å². The van der Waals surface area contributed by atoms with Crippen LogP contribution in [0.3, 0.4) is 0 Å². The third-order valence-electron chi connectivity index (χ3n) is 3.82. The third-order valence-corrected chi connectivity index (χ3v) is 4.08. The lowest BCUT2D eigenvalue weighted by Crippen LogP contribution is -2.54. The first-order valence-corrected chi connectivity index (χ1v) is 8.18. The summed E-state index contributed by atoms with van der Waals surface area (Å²) in [6.07, 6.45) is 2.63. The molecular formula is C16H22ClN5O2. The lowest BCUT2D eigenvalue weighted by atomic mass is 9.90. The summed E-state index contributed by atoms with van der Waals surface area (Å²) in [5, 5.41) is 11.9. The minimum absolute atomic E-state index is 0.107. The number of carbonyl (C=O) groups excluding carboxylic acids is 1. The van der Waals surface area contributed by atoms with Crippen molar-refractivity contribution in [2.45, 2.75) is 51.7 Å². The minimum atomic E-state index is -0.518. The number of hydrogen-bond donors (Lipinski definition) is 1. The second-order valence-electron chi connectivity index (χ2n) is 7.15. The molecule has 0 atom stereocenters. The molecule has 24 heavy (non-hydrogen) atoms. The average molecular weight is 352 g/mol. The molecule has 1 fully saturated rings. The summed E-state index contributed by atoms with van der Waals surface area (Å²) in [5.74, 6) is 0.637. The van der Waals surface area contributed by atoms with Gasteiger partial charge in [-0.1, -0.05) is 11.6 Å². The Morgan fingerprint density at radius 1 is 1.46 bits per heavy atom. The number of carbonyl (C=O) groups is 1. The van der Waals surface area contributed by atoms with Crippen LogP contribution in [0, 0.1) is 11.3 Å². The largest absolute Gasteiger partial charge is 0.444 e. The predicted molar refractivity (Wildman–Crippen MR) is 91.0 cm³/mol. The molecule has 0 aliphatic carbocycles. The Balaban J connectivity index is 1.96. The summed E-state index contributed by atoms with van der Waals surface area (Å²) in [7, 11) is 0. The van der Waals surface area contributed by atoms with Gasteiger partial charge in [0.15, 0.2) is 10.8 Å². The van der Waals surface area contributed by atoms with Crippen molar-refractivity contribution in [3.63, 3.8) is 0 Å². The van der Waals surface area contributed by atoms with Crippen LogP contribution in [0.25, 0.3) is 0 Å². The van der Waals surface area contributed by atoms with Crippen LogP contribution in [0.1, 0.15) is 46.2 Å². The molecule has 8 heteroatoms. The van der Waals surface area contributed by atoms with Crippen LogP contribution in [-0.4, -0.2) is 40.3 Å². The molecule has 1 aliphatic rings. The fourth-order valence-corrected chi connectivity index (χ4v) is 2.67. The van der Waals surface area contributed by atoms with Gasteiger partial charge in [0.1, 0.15) is 17.5 Å². The van der Waals surface area contributed by atoms with Gasteiger partial charge in [-0.05, 0) is 40.5 Å². The number of ether oxygens (including phenoxy) is 1. The van der Waals surface area contributed by atoms with Gasteiger partial charge in [0, 0.05) is 18.6 Å². The lowest BCUT2D eigenvalue weighted by Gasteiger charge is -2.40. The van der Waals surface area contributed by atoms with Crippen molar-refractivity contribution >= 4 is 23.5 Å². The third kappa shape index (κ3) is 4.71. The molecule has 130 valence electrons. The minimum Gasteiger partial charge on any atom is -0.444 e. The first-order chi connectivity index (χ1) is 11.1. The number of halogens is 1. The van der Waals surface area contributed by atoms with E-state index in [0.717, 1.165) is 12.8 Å². The quantitative estimate of drug-likeness (QED) is 0.880. The van der Waals surface area contributed by atoms with Gasteiger partial charge in [-0.3, -0.25) is 0 Å². The summed E-state index contributed by atoms with van der Waals surface area (Å²) in [5.41, 5.74) is -0.729. The number of anilines is 1. The Morgan fingerprint density at radius 2 is 2.08 bits per heavy atom. The topological polar surface area (TPSA) is 91.1 Å². The molecule has 0 unspecified atom stereocenters. The van der Waals surface area contributed by atoms with E-state index in [2.05, 4.69) is 15.3 Å². The number of piperidine rings is 1. The van der Waals surface area contributed by atoms with E-state index in [-0.39, 0.29) is 16.4 Å². The summed E-state index contributed by atoms with van der Waals surface area (Å²) in [4.78, 5) is 22.3. The Labute approximate surface area is 147 Å². The maximum atomic E-state index is 12.0. The van der Waals surface area contributed by atoms with Gasteiger partial charge in [-0.15, -0.1) is 0 Å². The zero-order valence-corrected chi connectivity index (χ0v) is 15.1. The molecule has 2 heterocycles. The van der Waals surface area contributed by atoms with Crippen molar-refractivity contribution in [2.75, 3.05) is 18.0 Å². The van der Waals surface area contributed by atoms with Crippen LogP contribution in [0.4, 0.5) is 10.6 Å². The first kappa shape index (κ1) is 18.3. The first-order valence-electron chi connectivity index (χ1n) is 7.81. The van der Waals surface area contributed by atoms with Crippen LogP contribution >= 0.6 is 11.6 Å². The molecule has 1 aromatic rings. The molecule has 1 N–H and O–H groups in total. The van der Waals surface area contributed by atoms with E-state index in [0.29, 0.717) is 18.9 Å². The van der Waals surface area contributed by atoms with Crippen molar-refractivity contribution in [1.82, 2.24) is 15.3 Å². The molecule has 1 aromatic heterocycles. The van der Waals surface area contributed by atoms with Gasteiger partial charge in [0.2, 0.25) is 0 Å². The van der Waals surface area contributed by atoms with E-state index in [4.69, 9.17) is 21.6 Å². The predicted octanol–water partition coefficient (Wildman–Crippen LogP) is 2.89. The fraction of sp³-hybridized carbons (Fsp3) is 0.625. The Morgan fingerprint density at radius 3 is 2.58 bits per heavy atom. The number of nitrogens with zero attached hydrogens (tertiary/aromatic N) is 4. The summed E-state index contributed by atoms with van der Waals surface area (Å²) < 4.78 is 5.32. The maximum absolute atomic E-state index is 12.0. The zero-order chi connectivity index (χ0) is 18.0. The van der Waals surface area contributed by atoms with Crippen molar-refractivity contribution in [2.24, 2.45) is 0 Å². The van der Waals surface area contributed by atoms with Gasteiger partial charge in [0.25, 0.3) is 0 Å². The Hall–Kier alpha value is -2.07. The van der Waals surface area contributed by atoms with Gasteiger partial charge in [-0.25, -0.2) is 14.8 Å². The van der Waals surface area contributed by atoms with Crippen LogP contribution in [0.2, 0.25) is 5.15 Å². The number of hydrogen-bond acceptors (Lipinski definition) is 6. The highest BCUT2D eigenvalue weighted by Gasteiger charge is 2.33. The normalized spacial score (nSPS) is 17.1. The van der Waals surface area contributed by atoms with Crippen LogP contribution in [-0.2, 0) is 4.74 Å². The molecule has 0 spiro atoms. The van der Waals surface area contributed by atoms with Crippen molar-refractivity contribution < 1.29 is 9.53 Å². The average Bonchev–Trinajstić information content (AvgIpc) is 2.45. The molecule has 0 radical (unpaired) electrons. The van der Waals surface area contributed by atoms with E-state index in [1.165, 1.54) is 0 Å². The van der Waals surface area contributed by atoms with Gasteiger partial charge in [0.05, 0.1) is 6.20 Å². The molecule has 0 aromatic carbocycles. The summed E-state index contributed by atoms with van der Waals surface area (Å²) >= 11 is 5.94. The van der Waals surface area contributed by atoms with Crippen molar-refractivity contribution in [3.05, 3.63) is 17.0 Å². The number of aromatic nitrogens is 2. The van der Waals surface area contributed by atoms with Gasteiger partial charge < -0.3 is 15.0 Å². The van der Waals surface area contributed by atoms with Crippen molar-refractivity contribution in [1.29, 1.82) is 5.26 Å². The van der Waals surface area contributed by atoms with Crippen LogP contribution in [0.15, 0.2) is 6.20 Å². The van der Waals surface area contributed by atoms with Gasteiger partial charge in [-0.2, -0.15) is 5.26 Å². The van der Waals surface area contributed by atoms with E-state index < -0.39 is 11.7 Å². The Kier molecular flexibility index (Phi) is 5.19. The molecule has 0 bridgehead atoms. The van der Waals surface area contributed by atoms with E-state index in [9.17, 15) is 4.79 Å². The molecule has 7 nitrogen and oxygen atoms in total. The lowest BCUT2D eigenvalue weighted by molar-refractivity contribution is 0.0448. The highest BCUT2D eigenvalue weighted by Crippen LogP contribution is 2.26. The molecule has 1 aliphatic heterocycles. The zero-order valence-electron chi connectivity index (χ0n) is 14.4. The van der Waals surface area contributed by atoms with Crippen LogP contribution in [0.5, 0.6) is 0 Å². The van der Waals surface area contributed by atoms with Gasteiger partial charge >= 0.3 is 6.09 Å². The molecule has 2 rings (SSSR count). The second-order valence-corrected chi connectivity index (χ2v) is 7.51. The van der Waals surface area contributed by atoms with E-state index >= 15 is 0 Å². The molecule has 1 saturated heterocycles. The summed E-state index contributed by atoms with van der Waals surface area (Å²) in [6, 6.07) is 1.89. The molecule has 0 saturated carbocycles. The number of nitrogens with one attached hydrogen (secondary N) is 1. The second kappa shape index (κ2) is 6.81. The fourth-order valence-electron chi connectivity index (χ4n) is 2.49. The SMILES string of the molecule is CC1(NC(=O)OC(C)(C)C)CCN(c2cnc(C#N)c(Cl)n2)CC1. The Bertz CT molecular complexity index is 657. The molecular weight excluding hydrogens is 330 g/mol. The smallest absolute Gasteiger partial charge is 0.408 e. The number of amides is 1. The number of alkyl carbamates (subject to hydrolysis) is 1. The highest BCUT2D eigenvalue weighted by atomic mass is 35.5. The van der Waals surface area contributed by atoms with Crippen molar-refractivity contribution in [3.8, 4) is 6.07 Å². The molecule has 1 amide bonds. The van der Waals surface area contributed by atoms with E-state index in [1.54, 1.807) is 6.20 Å². The van der Waals surface area contributed by atoms with Crippen LogP contribution < -0.4 is 10.2 Å². The maximum Gasteiger partial charge on any atom is 0.408 e. The standard InChI is InChI=1S/C16H22ClN5O2/c1-15(2,3)24-14(23)21-16(4)5-7-22(8-6-16)12-10-19-11(9-18)13(17)20-12/h10H,5-8H2,1-4H3,(H,21,23). The number of nitriles is 1. The highest BCUT2D eigenvalue weighted by molar-refractivity contribution is 6.30.